The summed E-state index contributed by atoms with van der Waals surface area (Å²) in [7, 11) is 0. The molecule has 28 heavy (non-hydrogen) atoms. The van der Waals surface area contributed by atoms with Crippen molar-refractivity contribution in [2.45, 2.75) is 31.3 Å². The molecule has 0 saturated carbocycles. The third kappa shape index (κ3) is 4.89. The highest BCUT2D eigenvalue weighted by molar-refractivity contribution is 5.64. The summed E-state index contributed by atoms with van der Waals surface area (Å²) in [5, 5.41) is 16.5. The summed E-state index contributed by atoms with van der Waals surface area (Å²) in [4.78, 5) is 21.6. The number of nitrogens with one attached hydrogen (secondary N) is 2. The minimum absolute atomic E-state index is 0.0287. The molecule has 1 aromatic carbocycles. The number of hydrogen-bond donors (Lipinski definition) is 3. The summed E-state index contributed by atoms with van der Waals surface area (Å²) in [6.45, 7) is 0.114. The molecule has 1 aliphatic heterocycles. The van der Waals surface area contributed by atoms with Gasteiger partial charge in [-0.25, -0.2) is 14.7 Å². The van der Waals surface area contributed by atoms with E-state index >= 15 is 0 Å². The molecule has 1 amide bonds. The van der Waals surface area contributed by atoms with E-state index in [0.717, 1.165) is 6.07 Å². The largest absolute Gasteiger partial charge is 0.465 e. The van der Waals surface area contributed by atoms with E-state index in [-0.39, 0.29) is 43.1 Å². The SMILES string of the molecule is O=C(O)NC1COC(CCc2cc(-c3n[nH]c(=O)o3)ccc2C(F)(F)F)OC1. The first kappa shape index (κ1) is 19.9. The van der Waals surface area contributed by atoms with Crippen LogP contribution in [-0.4, -0.2) is 46.9 Å². The van der Waals surface area contributed by atoms with Crippen LogP contribution in [-0.2, 0) is 22.1 Å². The van der Waals surface area contributed by atoms with E-state index in [4.69, 9.17) is 19.0 Å². The summed E-state index contributed by atoms with van der Waals surface area (Å²) >= 11 is 0. The fourth-order valence-corrected chi connectivity index (χ4v) is 2.80. The maximum absolute atomic E-state index is 13.3. The third-order valence-corrected chi connectivity index (χ3v) is 4.04. The van der Waals surface area contributed by atoms with E-state index in [0.29, 0.717) is 0 Å². The number of carboxylic acid groups (broad SMARTS) is 1. The van der Waals surface area contributed by atoms with E-state index in [1.54, 1.807) is 0 Å². The van der Waals surface area contributed by atoms with Crippen LogP contribution in [0.4, 0.5) is 18.0 Å². The van der Waals surface area contributed by atoms with Gasteiger partial charge in [-0.3, -0.25) is 0 Å². The Balaban J connectivity index is 1.71. The fourth-order valence-electron chi connectivity index (χ4n) is 2.80. The molecular formula is C16H16F3N3O6. The number of aromatic nitrogens is 2. The molecule has 0 aliphatic carbocycles. The molecule has 2 heterocycles. The first-order valence-corrected chi connectivity index (χ1v) is 8.21. The van der Waals surface area contributed by atoms with E-state index < -0.39 is 35.9 Å². The summed E-state index contributed by atoms with van der Waals surface area (Å²) in [5.74, 6) is -0.933. The number of amides is 1. The second-order valence-corrected chi connectivity index (χ2v) is 6.07. The van der Waals surface area contributed by atoms with Crippen LogP contribution in [0.3, 0.4) is 0 Å². The molecule has 152 valence electrons. The van der Waals surface area contributed by atoms with Crippen LogP contribution in [0.2, 0.25) is 0 Å². The van der Waals surface area contributed by atoms with Crippen LogP contribution in [0.5, 0.6) is 0 Å². The highest BCUT2D eigenvalue weighted by atomic mass is 19.4. The zero-order chi connectivity index (χ0) is 20.3. The van der Waals surface area contributed by atoms with Gasteiger partial charge in [-0.15, -0.1) is 5.10 Å². The average Bonchev–Trinajstić information content (AvgIpc) is 3.06. The maximum atomic E-state index is 13.3. The van der Waals surface area contributed by atoms with Gasteiger partial charge in [0.15, 0.2) is 6.29 Å². The van der Waals surface area contributed by atoms with Crippen LogP contribution in [0.1, 0.15) is 17.5 Å². The summed E-state index contributed by atoms with van der Waals surface area (Å²) in [6.07, 6.45) is -6.45. The first-order chi connectivity index (χ1) is 13.2. The Morgan fingerprint density at radius 3 is 2.61 bits per heavy atom. The van der Waals surface area contributed by atoms with Crippen LogP contribution < -0.4 is 11.1 Å². The Hall–Kier alpha value is -2.86. The molecule has 1 aromatic heterocycles. The highest BCUT2D eigenvalue weighted by Gasteiger charge is 2.34. The molecule has 9 nitrogen and oxygen atoms in total. The van der Waals surface area contributed by atoms with Gasteiger partial charge in [0.05, 0.1) is 24.8 Å². The zero-order valence-corrected chi connectivity index (χ0v) is 14.3. The number of halogens is 3. The lowest BCUT2D eigenvalue weighted by molar-refractivity contribution is -0.191. The Bertz CT molecular complexity index is 886. The second-order valence-electron chi connectivity index (χ2n) is 6.07. The van der Waals surface area contributed by atoms with Crippen molar-refractivity contribution in [3.05, 3.63) is 39.9 Å². The maximum Gasteiger partial charge on any atom is 0.434 e. The standard InChI is InChI=1S/C16H16F3N3O6/c17-16(18,19)11-3-1-9(13-21-22-15(25)28-13)5-8(11)2-4-12-26-6-10(7-27-12)20-14(23)24/h1,3,5,10,12,20H,2,4,6-7H2,(H,22,25)(H,23,24). The highest BCUT2D eigenvalue weighted by Crippen LogP contribution is 2.35. The van der Waals surface area contributed by atoms with Crippen molar-refractivity contribution in [2.24, 2.45) is 0 Å². The number of benzene rings is 1. The molecule has 1 fully saturated rings. The van der Waals surface area contributed by atoms with Gasteiger partial charge in [0.2, 0.25) is 5.89 Å². The van der Waals surface area contributed by atoms with Gasteiger partial charge in [0.25, 0.3) is 0 Å². The lowest BCUT2D eigenvalue weighted by Gasteiger charge is -2.29. The molecule has 0 unspecified atom stereocenters. The number of ether oxygens (including phenoxy) is 2. The van der Waals surface area contributed by atoms with Crippen LogP contribution in [0.25, 0.3) is 11.5 Å². The van der Waals surface area contributed by atoms with Crippen molar-refractivity contribution in [2.75, 3.05) is 13.2 Å². The lowest BCUT2D eigenvalue weighted by Crippen LogP contribution is -2.46. The van der Waals surface area contributed by atoms with E-state index in [2.05, 4.69) is 15.5 Å². The zero-order valence-electron chi connectivity index (χ0n) is 14.3. The number of carbonyl (C=O) groups is 1. The van der Waals surface area contributed by atoms with Gasteiger partial charge in [0, 0.05) is 12.0 Å². The van der Waals surface area contributed by atoms with E-state index in [9.17, 15) is 22.8 Å². The minimum Gasteiger partial charge on any atom is -0.465 e. The van der Waals surface area contributed by atoms with Crippen molar-refractivity contribution >= 4 is 6.09 Å². The van der Waals surface area contributed by atoms with Gasteiger partial charge < -0.3 is 24.3 Å². The Morgan fingerprint density at radius 2 is 2.04 bits per heavy atom. The number of H-pyrrole nitrogens is 1. The fraction of sp³-hybridized carbons (Fsp3) is 0.438. The third-order valence-electron chi connectivity index (χ3n) is 4.04. The van der Waals surface area contributed by atoms with Crippen molar-refractivity contribution in [3.8, 4) is 11.5 Å². The number of aryl methyl sites for hydroxylation is 1. The average molecular weight is 403 g/mol. The van der Waals surface area contributed by atoms with Crippen molar-refractivity contribution in [1.29, 1.82) is 0 Å². The summed E-state index contributed by atoms with van der Waals surface area (Å²) in [6, 6.07) is 2.78. The number of nitrogens with zero attached hydrogens (tertiary/aromatic N) is 1. The number of rotatable bonds is 5. The molecule has 0 atom stereocenters. The molecule has 0 bridgehead atoms. The quantitative estimate of drug-likeness (QED) is 0.697. The number of alkyl halides is 3. The van der Waals surface area contributed by atoms with Crippen molar-refractivity contribution in [3.63, 3.8) is 0 Å². The van der Waals surface area contributed by atoms with Gasteiger partial charge in [-0.05, 0) is 30.2 Å². The molecular weight excluding hydrogens is 387 g/mol. The van der Waals surface area contributed by atoms with E-state index in [1.807, 2.05) is 0 Å². The first-order valence-electron chi connectivity index (χ1n) is 8.21. The Morgan fingerprint density at radius 1 is 1.32 bits per heavy atom. The molecule has 1 saturated heterocycles. The van der Waals surface area contributed by atoms with Crippen molar-refractivity contribution in [1.82, 2.24) is 15.5 Å². The monoisotopic (exact) mass is 403 g/mol. The molecule has 0 spiro atoms. The molecule has 3 N–H and O–H groups in total. The van der Waals surface area contributed by atoms with Gasteiger partial charge in [-0.1, -0.05) is 0 Å². The van der Waals surface area contributed by atoms with Gasteiger partial charge in [0.1, 0.15) is 0 Å². The molecule has 3 rings (SSSR count). The Kier molecular flexibility index (Phi) is 5.70. The summed E-state index contributed by atoms with van der Waals surface area (Å²) < 4.78 is 55.4. The number of aromatic amines is 1. The molecule has 1 aliphatic rings. The predicted octanol–water partition coefficient (Wildman–Crippen LogP) is 1.99. The van der Waals surface area contributed by atoms with Crippen LogP contribution >= 0.6 is 0 Å². The van der Waals surface area contributed by atoms with Crippen LogP contribution in [0.15, 0.2) is 27.4 Å². The van der Waals surface area contributed by atoms with Crippen molar-refractivity contribution < 1.29 is 37.0 Å². The second kappa shape index (κ2) is 8.02. The van der Waals surface area contributed by atoms with Gasteiger partial charge in [-0.2, -0.15) is 13.2 Å². The summed E-state index contributed by atoms with van der Waals surface area (Å²) in [5.41, 5.74) is -0.637. The topological polar surface area (TPSA) is 127 Å². The predicted molar refractivity (Wildman–Crippen MR) is 86.5 cm³/mol. The molecule has 2 aromatic rings. The molecule has 12 heteroatoms. The minimum atomic E-state index is -4.56. The lowest BCUT2D eigenvalue weighted by atomic mass is 9.99. The normalized spacial score (nSPS) is 20.1. The van der Waals surface area contributed by atoms with E-state index in [1.165, 1.54) is 12.1 Å². The van der Waals surface area contributed by atoms with Gasteiger partial charge >= 0.3 is 18.0 Å². The smallest absolute Gasteiger partial charge is 0.434 e. The van der Waals surface area contributed by atoms with Crippen LogP contribution in [0, 0.1) is 0 Å². The Labute approximate surface area is 155 Å². The molecule has 0 radical (unpaired) electrons. The number of hydrogen-bond acceptors (Lipinski definition) is 6.